The Hall–Kier alpha value is -1.45. The molecule has 0 radical (unpaired) electrons. The Labute approximate surface area is 185 Å². The van der Waals surface area contributed by atoms with Gasteiger partial charge in [0.15, 0.2) is 0 Å². The minimum atomic E-state index is 0.349. The van der Waals surface area contributed by atoms with Crippen LogP contribution in [-0.2, 0) is 5.41 Å². The summed E-state index contributed by atoms with van der Waals surface area (Å²) in [5.74, 6) is 0. The quantitative estimate of drug-likeness (QED) is 0.518. The van der Waals surface area contributed by atoms with Crippen LogP contribution in [0.15, 0.2) is 35.0 Å². The number of hydrogen-bond acceptors (Lipinski definition) is 3. The highest BCUT2D eigenvalue weighted by atomic mass is 15.1. The van der Waals surface area contributed by atoms with E-state index in [1.165, 1.54) is 87.2 Å². The van der Waals surface area contributed by atoms with E-state index in [1.807, 2.05) is 0 Å². The molecule has 0 spiro atoms. The molecule has 0 amide bonds. The largest absolute Gasteiger partial charge is 0.306 e. The van der Waals surface area contributed by atoms with Gasteiger partial charge in [0.1, 0.15) is 0 Å². The van der Waals surface area contributed by atoms with E-state index in [9.17, 15) is 0 Å². The van der Waals surface area contributed by atoms with Crippen LogP contribution in [-0.4, -0.2) is 55.3 Å². The SMILES string of the molecule is C/C=C(CN1CCCCC1)\N=C(/CC)c1ccc(C2(CC)CCN(C)CC2)c(C)c1. The molecule has 2 fully saturated rings. The normalized spacial score (nSPS) is 21.8. The van der Waals surface area contributed by atoms with Gasteiger partial charge in [-0.25, -0.2) is 0 Å². The Bertz CT molecular complexity index is 747. The molecule has 0 N–H and O–H groups in total. The van der Waals surface area contributed by atoms with E-state index in [2.05, 4.69) is 68.8 Å². The van der Waals surface area contributed by atoms with Crippen LogP contribution >= 0.6 is 0 Å². The molecule has 0 saturated carbocycles. The average molecular weight is 410 g/mol. The molecule has 1 aromatic rings. The van der Waals surface area contributed by atoms with Gasteiger partial charge >= 0.3 is 0 Å². The molecule has 3 heteroatoms. The minimum absolute atomic E-state index is 0.349. The second-order valence-corrected chi connectivity index (χ2v) is 9.50. The number of nitrogens with zero attached hydrogens (tertiary/aromatic N) is 3. The summed E-state index contributed by atoms with van der Waals surface area (Å²) in [6, 6.07) is 7.17. The molecule has 2 heterocycles. The lowest BCUT2D eigenvalue weighted by Gasteiger charge is -2.41. The highest BCUT2D eigenvalue weighted by molar-refractivity contribution is 6.01. The van der Waals surface area contributed by atoms with Gasteiger partial charge in [-0.05, 0) is 114 Å². The standard InChI is InChI=1S/C27H43N3/c1-6-24(21-30-16-10-9-11-17-30)28-26(7-2)23-12-13-25(22(4)20-23)27(8-3)14-18-29(5)19-15-27/h6,12-13,20H,7-11,14-19,21H2,1-5H3/b24-6-,28-26+. The van der Waals surface area contributed by atoms with Crippen LogP contribution in [0.2, 0.25) is 0 Å². The van der Waals surface area contributed by atoms with Crippen molar-refractivity contribution in [2.75, 3.05) is 39.8 Å². The number of allylic oxidation sites excluding steroid dienone is 1. The van der Waals surface area contributed by atoms with E-state index in [4.69, 9.17) is 4.99 Å². The second kappa shape index (κ2) is 10.7. The number of aryl methyl sites for hydroxylation is 1. The van der Waals surface area contributed by atoms with Gasteiger partial charge < -0.3 is 4.90 Å². The summed E-state index contributed by atoms with van der Waals surface area (Å²) in [6.45, 7) is 14.9. The first kappa shape index (κ1) is 23.2. The van der Waals surface area contributed by atoms with Crippen LogP contribution < -0.4 is 0 Å². The molecular weight excluding hydrogens is 366 g/mol. The number of rotatable bonds is 7. The van der Waals surface area contributed by atoms with E-state index in [0.717, 1.165) is 13.0 Å². The van der Waals surface area contributed by atoms with Crippen molar-refractivity contribution in [2.24, 2.45) is 4.99 Å². The van der Waals surface area contributed by atoms with Gasteiger partial charge in [0.25, 0.3) is 0 Å². The Morgan fingerprint density at radius 1 is 1.07 bits per heavy atom. The zero-order valence-corrected chi connectivity index (χ0v) is 20.1. The van der Waals surface area contributed by atoms with Crippen molar-refractivity contribution in [3.8, 4) is 0 Å². The number of piperidine rings is 2. The smallest absolute Gasteiger partial charge is 0.0504 e. The maximum Gasteiger partial charge on any atom is 0.0504 e. The molecule has 1 aromatic carbocycles. The first-order valence-corrected chi connectivity index (χ1v) is 12.3. The third-order valence-electron chi connectivity index (χ3n) is 7.53. The Morgan fingerprint density at radius 2 is 1.77 bits per heavy atom. The maximum atomic E-state index is 5.14. The van der Waals surface area contributed by atoms with Crippen molar-refractivity contribution >= 4 is 5.71 Å². The van der Waals surface area contributed by atoms with E-state index in [0.29, 0.717) is 5.41 Å². The summed E-state index contributed by atoms with van der Waals surface area (Å²) in [4.78, 5) is 10.2. The molecule has 3 nitrogen and oxygen atoms in total. The van der Waals surface area contributed by atoms with Gasteiger partial charge in [0.2, 0.25) is 0 Å². The first-order valence-electron chi connectivity index (χ1n) is 12.3. The molecule has 3 rings (SSSR count). The molecule has 0 aromatic heterocycles. The topological polar surface area (TPSA) is 18.8 Å². The number of aliphatic imine (C=N–C) groups is 1. The molecule has 2 aliphatic heterocycles. The van der Waals surface area contributed by atoms with Crippen LogP contribution in [0.25, 0.3) is 0 Å². The van der Waals surface area contributed by atoms with Crippen molar-refractivity contribution in [2.45, 2.75) is 78.1 Å². The fraction of sp³-hybridized carbons (Fsp3) is 0.667. The second-order valence-electron chi connectivity index (χ2n) is 9.50. The predicted octanol–water partition coefficient (Wildman–Crippen LogP) is 5.96. The highest BCUT2D eigenvalue weighted by Gasteiger charge is 2.34. The summed E-state index contributed by atoms with van der Waals surface area (Å²) in [5.41, 5.74) is 7.10. The predicted molar refractivity (Wildman–Crippen MR) is 131 cm³/mol. The lowest BCUT2D eigenvalue weighted by molar-refractivity contribution is 0.182. The lowest BCUT2D eigenvalue weighted by Crippen LogP contribution is -2.40. The van der Waals surface area contributed by atoms with Crippen LogP contribution in [0, 0.1) is 6.92 Å². The third kappa shape index (κ3) is 5.42. The van der Waals surface area contributed by atoms with E-state index in [1.54, 1.807) is 5.56 Å². The molecule has 0 atom stereocenters. The molecule has 0 unspecified atom stereocenters. The van der Waals surface area contributed by atoms with Crippen molar-refractivity contribution in [1.29, 1.82) is 0 Å². The highest BCUT2D eigenvalue weighted by Crippen LogP contribution is 2.40. The molecule has 0 bridgehead atoms. The van der Waals surface area contributed by atoms with Crippen molar-refractivity contribution in [1.82, 2.24) is 9.80 Å². The van der Waals surface area contributed by atoms with E-state index in [-0.39, 0.29) is 0 Å². The van der Waals surface area contributed by atoms with Crippen molar-refractivity contribution in [3.63, 3.8) is 0 Å². The van der Waals surface area contributed by atoms with Crippen LogP contribution in [0.3, 0.4) is 0 Å². The zero-order valence-electron chi connectivity index (χ0n) is 20.1. The van der Waals surface area contributed by atoms with E-state index < -0.39 is 0 Å². The number of likely N-dealkylation sites (tertiary alicyclic amines) is 2. The average Bonchev–Trinajstić information content (AvgIpc) is 2.78. The summed E-state index contributed by atoms with van der Waals surface area (Å²) >= 11 is 0. The fourth-order valence-corrected chi connectivity index (χ4v) is 5.36. The molecule has 2 saturated heterocycles. The Balaban J connectivity index is 1.81. The lowest BCUT2D eigenvalue weighted by atomic mass is 9.69. The Morgan fingerprint density at radius 3 is 2.33 bits per heavy atom. The molecule has 2 aliphatic rings. The number of benzene rings is 1. The van der Waals surface area contributed by atoms with Gasteiger partial charge in [-0.15, -0.1) is 0 Å². The van der Waals surface area contributed by atoms with Gasteiger partial charge in [-0.2, -0.15) is 0 Å². The first-order chi connectivity index (χ1) is 14.5. The van der Waals surface area contributed by atoms with Crippen LogP contribution in [0.4, 0.5) is 0 Å². The van der Waals surface area contributed by atoms with Crippen LogP contribution in [0.5, 0.6) is 0 Å². The zero-order chi connectivity index (χ0) is 21.6. The maximum absolute atomic E-state index is 5.14. The van der Waals surface area contributed by atoms with Crippen molar-refractivity contribution < 1.29 is 0 Å². The molecular formula is C27H43N3. The fourth-order valence-electron chi connectivity index (χ4n) is 5.36. The van der Waals surface area contributed by atoms with Gasteiger partial charge in [-0.3, -0.25) is 9.89 Å². The van der Waals surface area contributed by atoms with Gasteiger partial charge in [0.05, 0.1) is 5.70 Å². The summed E-state index contributed by atoms with van der Waals surface area (Å²) in [7, 11) is 2.25. The Kier molecular flexibility index (Phi) is 8.30. The third-order valence-corrected chi connectivity index (χ3v) is 7.53. The summed E-state index contributed by atoms with van der Waals surface area (Å²) < 4.78 is 0. The van der Waals surface area contributed by atoms with Gasteiger partial charge in [0, 0.05) is 12.3 Å². The van der Waals surface area contributed by atoms with E-state index >= 15 is 0 Å². The molecule has 30 heavy (non-hydrogen) atoms. The summed E-state index contributed by atoms with van der Waals surface area (Å²) in [6.07, 6.45) is 11.0. The molecule has 166 valence electrons. The van der Waals surface area contributed by atoms with Crippen molar-refractivity contribution in [3.05, 3.63) is 46.7 Å². The molecule has 0 aliphatic carbocycles. The minimum Gasteiger partial charge on any atom is -0.306 e. The van der Waals surface area contributed by atoms with Crippen LogP contribution in [0.1, 0.15) is 82.4 Å². The number of hydrogen-bond donors (Lipinski definition) is 0. The van der Waals surface area contributed by atoms with Gasteiger partial charge in [-0.1, -0.05) is 38.5 Å². The summed E-state index contributed by atoms with van der Waals surface area (Å²) in [5, 5.41) is 0. The monoisotopic (exact) mass is 409 g/mol.